The normalized spacial score (nSPS) is 11.8. The Morgan fingerprint density at radius 1 is 0.468 bits per heavy atom. The number of nitrogens with zero attached hydrogens (tertiary/aromatic N) is 4. The van der Waals surface area contributed by atoms with Crippen LogP contribution in [0, 0.1) is 11.3 Å². The van der Waals surface area contributed by atoms with E-state index < -0.39 is 0 Å². The second kappa shape index (κ2) is 9.68. The predicted molar refractivity (Wildman–Crippen MR) is 190 cm³/mol. The largest absolute Gasteiger partial charge is 0.456 e. The molecule has 6 aromatic carbocycles. The van der Waals surface area contributed by atoms with Crippen LogP contribution in [-0.4, -0.2) is 14.1 Å². The Bertz CT molecular complexity index is 2880. The van der Waals surface area contributed by atoms with Gasteiger partial charge in [0, 0.05) is 49.8 Å². The molecule has 5 nitrogen and oxygen atoms in total. The zero-order valence-electron chi connectivity index (χ0n) is 25.1. The topological polar surface area (TPSA) is 59.7 Å². The first-order chi connectivity index (χ1) is 23.2. The first kappa shape index (κ1) is 25.7. The Morgan fingerprint density at radius 2 is 1.06 bits per heavy atom. The fourth-order valence-electron chi connectivity index (χ4n) is 7.31. The molecule has 0 bridgehead atoms. The second-order valence-electron chi connectivity index (χ2n) is 12.0. The molecule has 0 fully saturated rings. The van der Waals surface area contributed by atoms with E-state index in [1.807, 2.05) is 42.7 Å². The molecule has 0 radical (unpaired) electrons. The number of rotatable bonds is 3. The summed E-state index contributed by atoms with van der Waals surface area (Å²) in [6.45, 7) is 0. The molecule has 0 aliphatic heterocycles. The minimum absolute atomic E-state index is 0.647. The highest BCUT2D eigenvalue weighted by atomic mass is 16.3. The lowest BCUT2D eigenvalue weighted by Gasteiger charge is -2.10. The highest BCUT2D eigenvalue weighted by Crippen LogP contribution is 2.38. The van der Waals surface area contributed by atoms with E-state index >= 15 is 0 Å². The Labute approximate surface area is 268 Å². The van der Waals surface area contributed by atoms with Crippen molar-refractivity contribution in [1.29, 1.82) is 5.26 Å². The standard InChI is InChI=1S/C42H24N4O/c43-23-26-13-16-40-34(19-26)33-9-3-6-12-39(33)46(40)30-20-28(24-44-25-30)27-14-17-41-35(21-27)36-22-29(15-18-42(36)47-41)45-37-10-4-1-7-31(37)32-8-2-5-11-38(32)45/h1-22,24-25H. The molecule has 0 spiro atoms. The molecule has 0 aliphatic rings. The van der Waals surface area contributed by atoms with Crippen molar-refractivity contribution in [3.63, 3.8) is 0 Å². The number of furan rings is 1. The van der Waals surface area contributed by atoms with Crippen LogP contribution in [0.4, 0.5) is 0 Å². The van der Waals surface area contributed by atoms with Gasteiger partial charge in [-0.25, -0.2) is 0 Å². The average molecular weight is 601 g/mol. The number of pyridine rings is 1. The SMILES string of the molecule is N#Cc1ccc2c(c1)c1ccccc1n2-c1cncc(-c2ccc3oc4ccc(-n5c6ccccc6c6ccccc65)cc4c3c2)c1. The van der Waals surface area contributed by atoms with Gasteiger partial charge >= 0.3 is 0 Å². The summed E-state index contributed by atoms with van der Waals surface area (Å²) in [4.78, 5) is 4.70. The van der Waals surface area contributed by atoms with Crippen molar-refractivity contribution >= 4 is 65.6 Å². The van der Waals surface area contributed by atoms with Crippen LogP contribution in [-0.2, 0) is 0 Å². The summed E-state index contributed by atoms with van der Waals surface area (Å²) in [6.07, 6.45) is 3.81. The van der Waals surface area contributed by atoms with E-state index in [0.717, 1.165) is 66.2 Å². The third-order valence-corrected chi connectivity index (χ3v) is 9.41. The molecule has 10 aromatic rings. The Balaban J connectivity index is 1.14. The second-order valence-corrected chi connectivity index (χ2v) is 12.0. The van der Waals surface area contributed by atoms with Gasteiger partial charge in [0.25, 0.3) is 0 Å². The van der Waals surface area contributed by atoms with E-state index in [4.69, 9.17) is 9.40 Å². The molecule has 0 amide bonds. The van der Waals surface area contributed by atoms with E-state index in [2.05, 4.69) is 118 Å². The number of aromatic nitrogens is 3. The molecule has 0 saturated heterocycles. The van der Waals surface area contributed by atoms with Gasteiger partial charge in [-0.1, -0.05) is 60.7 Å². The molecule has 218 valence electrons. The van der Waals surface area contributed by atoms with Gasteiger partial charge in [0.15, 0.2) is 0 Å². The molecular weight excluding hydrogens is 576 g/mol. The molecule has 0 atom stereocenters. The average Bonchev–Trinajstić information content (AvgIpc) is 3.78. The summed E-state index contributed by atoms with van der Waals surface area (Å²) in [5, 5.41) is 16.3. The van der Waals surface area contributed by atoms with Crippen molar-refractivity contribution in [2.45, 2.75) is 0 Å². The van der Waals surface area contributed by atoms with E-state index in [1.54, 1.807) is 0 Å². The first-order valence-corrected chi connectivity index (χ1v) is 15.6. The number of hydrogen-bond acceptors (Lipinski definition) is 3. The molecule has 5 heteroatoms. The minimum Gasteiger partial charge on any atom is -0.456 e. The highest BCUT2D eigenvalue weighted by molar-refractivity contribution is 6.12. The van der Waals surface area contributed by atoms with Crippen molar-refractivity contribution in [2.75, 3.05) is 0 Å². The van der Waals surface area contributed by atoms with Crippen molar-refractivity contribution in [2.24, 2.45) is 0 Å². The van der Waals surface area contributed by atoms with Crippen LogP contribution in [0.2, 0.25) is 0 Å². The van der Waals surface area contributed by atoms with E-state index in [1.165, 1.54) is 21.8 Å². The van der Waals surface area contributed by atoms with Crippen LogP contribution < -0.4 is 0 Å². The molecule has 0 unspecified atom stereocenters. The summed E-state index contributed by atoms with van der Waals surface area (Å²) in [5.74, 6) is 0. The Morgan fingerprint density at radius 3 is 1.77 bits per heavy atom. The predicted octanol–water partition coefficient (Wildman–Crippen LogP) is 10.7. The molecule has 10 rings (SSSR count). The molecule has 0 N–H and O–H groups in total. The van der Waals surface area contributed by atoms with Gasteiger partial charge in [-0.05, 0) is 78.4 Å². The van der Waals surface area contributed by atoms with E-state index in [0.29, 0.717) is 5.56 Å². The molecular formula is C42H24N4O. The summed E-state index contributed by atoms with van der Waals surface area (Å²) < 4.78 is 10.9. The number of hydrogen-bond donors (Lipinski definition) is 0. The van der Waals surface area contributed by atoms with Gasteiger partial charge < -0.3 is 13.6 Å². The van der Waals surface area contributed by atoms with Crippen LogP contribution in [0.15, 0.2) is 150 Å². The zero-order valence-corrected chi connectivity index (χ0v) is 25.1. The monoisotopic (exact) mass is 600 g/mol. The summed E-state index contributed by atoms with van der Waals surface area (Å²) in [5.41, 5.74) is 11.0. The van der Waals surface area contributed by atoms with Gasteiger partial charge in [0.05, 0.1) is 45.6 Å². The van der Waals surface area contributed by atoms with Crippen LogP contribution in [0.3, 0.4) is 0 Å². The van der Waals surface area contributed by atoms with Crippen LogP contribution in [0.1, 0.15) is 5.56 Å². The van der Waals surface area contributed by atoms with Crippen molar-refractivity contribution in [3.8, 4) is 28.6 Å². The lowest BCUT2D eigenvalue weighted by molar-refractivity contribution is 0.669. The van der Waals surface area contributed by atoms with E-state index in [-0.39, 0.29) is 0 Å². The third-order valence-electron chi connectivity index (χ3n) is 9.41. The maximum absolute atomic E-state index is 9.55. The number of para-hydroxylation sites is 3. The van der Waals surface area contributed by atoms with E-state index in [9.17, 15) is 5.26 Å². The maximum atomic E-state index is 9.55. The van der Waals surface area contributed by atoms with Gasteiger partial charge in [0.1, 0.15) is 11.2 Å². The summed E-state index contributed by atoms with van der Waals surface area (Å²) in [6, 6.07) is 48.6. The number of nitriles is 1. The van der Waals surface area contributed by atoms with Crippen LogP contribution in [0.5, 0.6) is 0 Å². The Kier molecular flexibility index (Phi) is 5.28. The number of benzene rings is 6. The first-order valence-electron chi connectivity index (χ1n) is 15.6. The lowest BCUT2D eigenvalue weighted by atomic mass is 10.0. The van der Waals surface area contributed by atoms with Gasteiger partial charge in [-0.2, -0.15) is 5.26 Å². The summed E-state index contributed by atoms with van der Waals surface area (Å²) >= 11 is 0. The quantitative estimate of drug-likeness (QED) is 0.203. The summed E-state index contributed by atoms with van der Waals surface area (Å²) in [7, 11) is 0. The number of fused-ring (bicyclic) bond motifs is 9. The third kappa shape index (κ3) is 3.73. The molecule has 4 heterocycles. The van der Waals surface area contributed by atoms with Crippen LogP contribution >= 0.6 is 0 Å². The van der Waals surface area contributed by atoms with Crippen LogP contribution in [0.25, 0.3) is 88.1 Å². The van der Waals surface area contributed by atoms with Crippen molar-refractivity contribution in [3.05, 3.63) is 151 Å². The van der Waals surface area contributed by atoms with Crippen molar-refractivity contribution in [1.82, 2.24) is 14.1 Å². The fraction of sp³-hybridized carbons (Fsp3) is 0. The van der Waals surface area contributed by atoms with Gasteiger partial charge in [-0.3, -0.25) is 4.98 Å². The maximum Gasteiger partial charge on any atom is 0.135 e. The minimum atomic E-state index is 0.647. The van der Waals surface area contributed by atoms with Gasteiger partial charge in [0.2, 0.25) is 0 Å². The molecule has 0 aliphatic carbocycles. The molecule has 0 saturated carbocycles. The van der Waals surface area contributed by atoms with Gasteiger partial charge in [-0.15, -0.1) is 0 Å². The van der Waals surface area contributed by atoms with Crippen molar-refractivity contribution < 1.29 is 4.42 Å². The molecule has 47 heavy (non-hydrogen) atoms. The highest BCUT2D eigenvalue weighted by Gasteiger charge is 2.16. The smallest absolute Gasteiger partial charge is 0.135 e. The zero-order chi connectivity index (χ0) is 31.1. The lowest BCUT2D eigenvalue weighted by Crippen LogP contribution is -1.95. The Hall–Kier alpha value is -6.64. The fourth-order valence-corrected chi connectivity index (χ4v) is 7.31. The molecule has 4 aromatic heterocycles.